The second kappa shape index (κ2) is 7.00. The molecule has 0 heterocycles. The van der Waals surface area contributed by atoms with Gasteiger partial charge in [-0.1, -0.05) is 12.1 Å². The summed E-state index contributed by atoms with van der Waals surface area (Å²) >= 11 is 0. The Hall–Kier alpha value is -2.74. The molecule has 0 aliphatic rings. The van der Waals surface area contributed by atoms with Crippen molar-refractivity contribution in [3.63, 3.8) is 0 Å². The minimum atomic E-state index is -1.45. The zero-order valence-corrected chi connectivity index (χ0v) is 10.4. The van der Waals surface area contributed by atoms with Crippen LogP contribution in [0, 0.1) is 10.1 Å². The van der Waals surface area contributed by atoms with E-state index in [1.807, 2.05) is 0 Å². The molecule has 106 valence electrons. The molecule has 8 heteroatoms. The van der Waals surface area contributed by atoms with E-state index >= 15 is 0 Å². The van der Waals surface area contributed by atoms with Crippen LogP contribution in [0.4, 0.5) is 5.69 Å². The van der Waals surface area contributed by atoms with Crippen LogP contribution in [0.25, 0.3) is 6.08 Å². The van der Waals surface area contributed by atoms with Crippen LogP contribution in [-0.4, -0.2) is 34.5 Å². The summed E-state index contributed by atoms with van der Waals surface area (Å²) in [6, 6.07) is 5.73. The molecule has 1 atom stereocenters. The van der Waals surface area contributed by atoms with Crippen molar-refractivity contribution in [2.24, 2.45) is 5.73 Å². The monoisotopic (exact) mass is 279 g/mol. The largest absolute Gasteiger partial charge is 0.381 e. The molecule has 0 spiro atoms. The zero-order chi connectivity index (χ0) is 15.1. The fraction of sp³-hybridized carbons (Fsp3) is 0.167. The van der Waals surface area contributed by atoms with E-state index in [1.54, 1.807) is 6.07 Å². The van der Waals surface area contributed by atoms with E-state index in [-0.39, 0.29) is 12.2 Å². The average molecular weight is 279 g/mol. The third-order valence-corrected chi connectivity index (χ3v) is 2.31. The Morgan fingerprint density at radius 1 is 1.50 bits per heavy atom. The molecule has 0 aliphatic heterocycles. The van der Waals surface area contributed by atoms with Crippen molar-refractivity contribution in [3.8, 4) is 0 Å². The van der Waals surface area contributed by atoms with Crippen molar-refractivity contribution in [3.05, 3.63) is 46.0 Å². The molecule has 1 aromatic rings. The van der Waals surface area contributed by atoms with Gasteiger partial charge in [0.15, 0.2) is 0 Å². The van der Waals surface area contributed by atoms with Gasteiger partial charge in [-0.2, -0.15) is 0 Å². The highest BCUT2D eigenvalue weighted by Crippen LogP contribution is 2.13. The number of carbonyl (C=O) groups excluding carboxylic acids is 2. The Bertz CT molecular complexity index is 556. The second-order valence-corrected chi connectivity index (χ2v) is 3.85. The molecule has 0 aromatic heterocycles. The number of hydrogen-bond acceptors (Lipinski definition) is 5. The first-order valence-corrected chi connectivity index (χ1v) is 5.58. The van der Waals surface area contributed by atoms with E-state index in [4.69, 9.17) is 10.8 Å². The number of nitrogens with two attached hydrogens (primary N) is 1. The average Bonchev–Trinajstić information content (AvgIpc) is 2.42. The summed E-state index contributed by atoms with van der Waals surface area (Å²) in [6.07, 6.45) is 1.05. The van der Waals surface area contributed by atoms with Gasteiger partial charge in [-0.25, -0.2) is 0 Å². The zero-order valence-electron chi connectivity index (χ0n) is 10.4. The number of aliphatic hydroxyl groups excluding tert-OH is 1. The van der Waals surface area contributed by atoms with Crippen LogP contribution in [0.15, 0.2) is 30.3 Å². The summed E-state index contributed by atoms with van der Waals surface area (Å²) in [4.78, 5) is 31.9. The van der Waals surface area contributed by atoms with E-state index < -0.39 is 22.8 Å². The van der Waals surface area contributed by atoms with Gasteiger partial charge in [0, 0.05) is 18.2 Å². The van der Waals surface area contributed by atoms with E-state index in [0.717, 1.165) is 6.08 Å². The van der Waals surface area contributed by atoms with Crippen LogP contribution in [0.2, 0.25) is 0 Å². The van der Waals surface area contributed by atoms with Gasteiger partial charge in [0.1, 0.15) is 6.10 Å². The second-order valence-electron chi connectivity index (χ2n) is 3.85. The molecular formula is C12H13N3O5. The standard InChI is InChI=1S/C12H13N3O5/c13-12(18)10(16)7-14-11(17)5-4-8-2-1-3-9(6-8)15(19)20/h1-6,10,16H,7H2,(H2,13,18)(H,14,17)/b5-4+. The molecule has 20 heavy (non-hydrogen) atoms. The van der Waals surface area contributed by atoms with Crippen molar-refractivity contribution in [2.45, 2.75) is 6.10 Å². The minimum absolute atomic E-state index is 0.0864. The Morgan fingerprint density at radius 2 is 2.20 bits per heavy atom. The quantitative estimate of drug-likeness (QED) is 0.369. The predicted octanol–water partition coefficient (Wildman–Crippen LogP) is -0.430. The highest BCUT2D eigenvalue weighted by molar-refractivity contribution is 5.92. The number of primary amides is 1. The van der Waals surface area contributed by atoms with Crippen molar-refractivity contribution in [2.75, 3.05) is 6.54 Å². The molecule has 4 N–H and O–H groups in total. The number of nitro groups is 1. The van der Waals surface area contributed by atoms with E-state index in [1.165, 1.54) is 24.3 Å². The van der Waals surface area contributed by atoms with Gasteiger partial charge in [-0.05, 0) is 11.6 Å². The third kappa shape index (κ3) is 4.86. The maximum absolute atomic E-state index is 11.4. The number of nitro benzene ring substituents is 1. The number of rotatable bonds is 6. The number of nitrogens with one attached hydrogen (secondary N) is 1. The topological polar surface area (TPSA) is 136 Å². The van der Waals surface area contributed by atoms with Gasteiger partial charge in [0.2, 0.25) is 11.8 Å². The third-order valence-electron chi connectivity index (χ3n) is 2.31. The van der Waals surface area contributed by atoms with Gasteiger partial charge in [0.05, 0.1) is 11.5 Å². The Labute approximate surface area is 114 Å². The normalized spacial score (nSPS) is 12.1. The van der Waals surface area contributed by atoms with Crippen LogP contribution in [-0.2, 0) is 9.59 Å². The molecule has 1 unspecified atom stereocenters. The van der Waals surface area contributed by atoms with E-state index in [0.29, 0.717) is 5.56 Å². The number of aliphatic hydroxyl groups is 1. The van der Waals surface area contributed by atoms with Gasteiger partial charge >= 0.3 is 0 Å². The molecule has 8 nitrogen and oxygen atoms in total. The number of benzene rings is 1. The van der Waals surface area contributed by atoms with Crippen molar-refractivity contribution < 1.29 is 19.6 Å². The van der Waals surface area contributed by atoms with Crippen LogP contribution in [0.3, 0.4) is 0 Å². The summed E-state index contributed by atoms with van der Waals surface area (Å²) in [7, 11) is 0. The highest BCUT2D eigenvalue weighted by atomic mass is 16.6. The fourth-order valence-electron chi connectivity index (χ4n) is 1.27. The van der Waals surface area contributed by atoms with Crippen LogP contribution >= 0.6 is 0 Å². The molecule has 1 rings (SSSR count). The minimum Gasteiger partial charge on any atom is -0.381 e. The summed E-state index contributed by atoms with van der Waals surface area (Å²) in [6.45, 7) is -0.298. The first-order chi connectivity index (χ1) is 9.40. The smallest absolute Gasteiger partial charge is 0.270 e. The summed E-state index contributed by atoms with van der Waals surface area (Å²) in [5.74, 6) is -1.50. The van der Waals surface area contributed by atoms with Gasteiger partial charge in [-0.15, -0.1) is 0 Å². The Kier molecular flexibility index (Phi) is 5.36. The lowest BCUT2D eigenvalue weighted by Gasteiger charge is -2.05. The lowest BCUT2D eigenvalue weighted by atomic mass is 10.2. The molecular weight excluding hydrogens is 266 g/mol. The number of carbonyl (C=O) groups is 2. The first-order valence-electron chi connectivity index (χ1n) is 5.58. The van der Waals surface area contributed by atoms with Crippen molar-refractivity contribution >= 4 is 23.6 Å². The maximum atomic E-state index is 11.4. The van der Waals surface area contributed by atoms with Crippen LogP contribution in [0.1, 0.15) is 5.56 Å². The van der Waals surface area contributed by atoms with Gasteiger partial charge in [-0.3, -0.25) is 19.7 Å². The van der Waals surface area contributed by atoms with Gasteiger partial charge < -0.3 is 16.2 Å². The SMILES string of the molecule is NC(=O)C(O)CNC(=O)/C=C/c1cccc([N+](=O)[O-])c1. The molecule has 0 bridgehead atoms. The highest BCUT2D eigenvalue weighted by Gasteiger charge is 2.10. The lowest BCUT2D eigenvalue weighted by molar-refractivity contribution is -0.384. The number of nitrogens with zero attached hydrogens (tertiary/aromatic N) is 1. The molecule has 0 saturated carbocycles. The first kappa shape index (κ1) is 15.3. The number of amides is 2. The summed E-state index contributed by atoms with van der Waals surface area (Å²) in [5, 5.41) is 21.9. The number of non-ortho nitro benzene ring substituents is 1. The van der Waals surface area contributed by atoms with Crippen molar-refractivity contribution in [1.29, 1.82) is 0 Å². The van der Waals surface area contributed by atoms with Crippen LogP contribution in [0.5, 0.6) is 0 Å². The maximum Gasteiger partial charge on any atom is 0.270 e. The Balaban J connectivity index is 2.59. The van der Waals surface area contributed by atoms with E-state index in [9.17, 15) is 19.7 Å². The fourth-order valence-corrected chi connectivity index (χ4v) is 1.27. The molecule has 0 radical (unpaired) electrons. The number of hydrogen-bond donors (Lipinski definition) is 3. The lowest BCUT2D eigenvalue weighted by Crippen LogP contribution is -2.39. The summed E-state index contributed by atoms with van der Waals surface area (Å²) < 4.78 is 0. The molecule has 0 fully saturated rings. The molecule has 0 saturated heterocycles. The molecule has 0 aliphatic carbocycles. The predicted molar refractivity (Wildman–Crippen MR) is 70.3 cm³/mol. The Morgan fingerprint density at radius 3 is 2.80 bits per heavy atom. The van der Waals surface area contributed by atoms with Crippen molar-refractivity contribution in [1.82, 2.24) is 5.32 Å². The van der Waals surface area contributed by atoms with Gasteiger partial charge in [0.25, 0.3) is 5.69 Å². The molecule has 1 aromatic carbocycles. The van der Waals surface area contributed by atoms with Crippen LogP contribution < -0.4 is 11.1 Å². The molecule has 2 amide bonds. The summed E-state index contributed by atoms with van der Waals surface area (Å²) in [5.41, 5.74) is 5.20. The van der Waals surface area contributed by atoms with E-state index in [2.05, 4.69) is 5.32 Å².